The van der Waals surface area contributed by atoms with Gasteiger partial charge in [-0.3, -0.25) is 4.90 Å². The summed E-state index contributed by atoms with van der Waals surface area (Å²) in [4.78, 5) is 12.5. The molecule has 1 atom stereocenters. The van der Waals surface area contributed by atoms with Crippen molar-refractivity contribution in [2.75, 3.05) is 6.61 Å². The van der Waals surface area contributed by atoms with E-state index in [0.29, 0.717) is 5.56 Å². The summed E-state index contributed by atoms with van der Waals surface area (Å²) in [5.74, 6) is 0.0465. The van der Waals surface area contributed by atoms with Gasteiger partial charge in [-0.15, -0.1) is 0 Å². The highest BCUT2D eigenvalue weighted by Gasteiger charge is 2.33. The molecule has 1 amide bonds. The maximum Gasteiger partial charge on any atom is 0.408 e. The summed E-state index contributed by atoms with van der Waals surface area (Å²) >= 11 is 0. The molecule has 3 N–H and O–H groups in total. The third-order valence-electron chi connectivity index (χ3n) is 2.67. The van der Waals surface area contributed by atoms with Crippen LogP contribution in [-0.4, -0.2) is 38.5 Å². The molecular formula is C13H19NO4. The largest absolute Gasteiger partial charge is 0.508 e. The van der Waals surface area contributed by atoms with E-state index in [2.05, 4.69) is 0 Å². The zero-order valence-electron chi connectivity index (χ0n) is 10.8. The zero-order valence-corrected chi connectivity index (χ0v) is 10.8. The lowest BCUT2D eigenvalue weighted by Gasteiger charge is -2.39. The minimum Gasteiger partial charge on any atom is -0.508 e. The fourth-order valence-electron chi connectivity index (χ4n) is 1.96. The van der Waals surface area contributed by atoms with Gasteiger partial charge in [-0.1, -0.05) is 12.1 Å². The molecule has 0 heterocycles. The normalized spacial score (nSPS) is 13.1. The summed E-state index contributed by atoms with van der Waals surface area (Å²) in [5, 5.41) is 28.2. The number of aliphatic hydroxyl groups excluding tert-OH is 1. The van der Waals surface area contributed by atoms with Gasteiger partial charge in [0.25, 0.3) is 0 Å². The molecule has 0 spiro atoms. The summed E-state index contributed by atoms with van der Waals surface area (Å²) in [6.07, 6.45) is -1.11. The van der Waals surface area contributed by atoms with E-state index in [-0.39, 0.29) is 12.4 Å². The van der Waals surface area contributed by atoms with E-state index < -0.39 is 17.7 Å². The van der Waals surface area contributed by atoms with Crippen molar-refractivity contribution in [2.24, 2.45) is 0 Å². The third kappa shape index (κ3) is 3.13. The minimum atomic E-state index is -1.11. The van der Waals surface area contributed by atoms with Gasteiger partial charge in [-0.25, -0.2) is 4.79 Å². The molecule has 0 saturated carbocycles. The molecule has 0 aromatic heterocycles. The van der Waals surface area contributed by atoms with E-state index in [9.17, 15) is 20.1 Å². The highest BCUT2D eigenvalue weighted by molar-refractivity contribution is 5.67. The number of carboxylic acid groups (broad SMARTS) is 1. The van der Waals surface area contributed by atoms with E-state index >= 15 is 0 Å². The molecule has 18 heavy (non-hydrogen) atoms. The summed E-state index contributed by atoms with van der Waals surface area (Å²) in [7, 11) is 0. The summed E-state index contributed by atoms with van der Waals surface area (Å²) in [6.45, 7) is 4.93. The van der Waals surface area contributed by atoms with Crippen molar-refractivity contribution < 1.29 is 20.1 Å². The molecule has 1 aromatic carbocycles. The number of aromatic hydroxyl groups is 1. The standard InChI is InChI=1S/C13H19NO4/c1-13(2,3)14(12(17)18)11(8-15)9-5-4-6-10(16)7-9/h4-7,11,15-16H,8H2,1-3H3,(H,17,18). The van der Waals surface area contributed by atoms with E-state index in [1.807, 2.05) is 0 Å². The predicted molar refractivity (Wildman–Crippen MR) is 67.6 cm³/mol. The highest BCUT2D eigenvalue weighted by atomic mass is 16.4. The smallest absolute Gasteiger partial charge is 0.408 e. The van der Waals surface area contributed by atoms with E-state index in [4.69, 9.17) is 0 Å². The van der Waals surface area contributed by atoms with Gasteiger partial charge >= 0.3 is 6.09 Å². The highest BCUT2D eigenvalue weighted by Crippen LogP contribution is 2.29. The van der Waals surface area contributed by atoms with Crippen molar-refractivity contribution in [3.8, 4) is 5.75 Å². The molecule has 100 valence electrons. The van der Waals surface area contributed by atoms with Crippen LogP contribution in [0.4, 0.5) is 4.79 Å². The third-order valence-corrected chi connectivity index (χ3v) is 2.67. The van der Waals surface area contributed by atoms with Crippen LogP contribution in [0.1, 0.15) is 32.4 Å². The van der Waals surface area contributed by atoms with E-state index in [1.54, 1.807) is 32.9 Å². The molecule has 5 heteroatoms. The van der Waals surface area contributed by atoms with Gasteiger partial charge in [0.15, 0.2) is 0 Å². The monoisotopic (exact) mass is 253 g/mol. The SMILES string of the molecule is CC(C)(C)N(C(=O)O)C(CO)c1cccc(O)c1. The first-order valence-corrected chi connectivity index (χ1v) is 5.69. The predicted octanol–water partition coefficient (Wildman–Crippen LogP) is 2.20. The lowest BCUT2D eigenvalue weighted by atomic mass is 9.99. The van der Waals surface area contributed by atoms with Crippen molar-refractivity contribution in [1.82, 2.24) is 4.90 Å². The van der Waals surface area contributed by atoms with Crippen molar-refractivity contribution in [3.63, 3.8) is 0 Å². The number of amides is 1. The number of hydrogen-bond acceptors (Lipinski definition) is 3. The Bertz CT molecular complexity index is 425. The second kappa shape index (κ2) is 5.27. The van der Waals surface area contributed by atoms with Crippen LogP contribution in [0.5, 0.6) is 5.75 Å². The summed E-state index contributed by atoms with van der Waals surface area (Å²) in [5.41, 5.74) is -0.0835. The Labute approximate surface area is 106 Å². The van der Waals surface area contributed by atoms with Crippen molar-refractivity contribution in [1.29, 1.82) is 0 Å². The molecule has 0 saturated heterocycles. The maximum atomic E-state index is 11.4. The van der Waals surface area contributed by atoms with Crippen LogP contribution in [-0.2, 0) is 0 Å². The Balaban J connectivity index is 3.19. The average Bonchev–Trinajstić information content (AvgIpc) is 2.23. The molecular weight excluding hydrogens is 234 g/mol. The number of hydrogen-bond donors (Lipinski definition) is 3. The Morgan fingerprint density at radius 1 is 1.39 bits per heavy atom. The van der Waals surface area contributed by atoms with Crippen LogP contribution in [0.25, 0.3) is 0 Å². The Hall–Kier alpha value is -1.75. The lowest BCUT2D eigenvalue weighted by molar-refractivity contribution is 0.0457. The maximum absolute atomic E-state index is 11.4. The van der Waals surface area contributed by atoms with Crippen LogP contribution < -0.4 is 0 Å². The van der Waals surface area contributed by atoms with Crippen LogP contribution in [0.15, 0.2) is 24.3 Å². The number of benzene rings is 1. The first-order chi connectivity index (χ1) is 8.27. The zero-order chi connectivity index (χ0) is 13.9. The molecule has 0 radical (unpaired) electrons. The molecule has 0 aliphatic rings. The molecule has 5 nitrogen and oxygen atoms in total. The van der Waals surface area contributed by atoms with Gasteiger partial charge in [0.2, 0.25) is 0 Å². The first kappa shape index (κ1) is 14.3. The number of aliphatic hydroxyl groups is 1. The Morgan fingerprint density at radius 2 is 2.00 bits per heavy atom. The van der Waals surface area contributed by atoms with Gasteiger partial charge in [-0.05, 0) is 38.5 Å². The van der Waals surface area contributed by atoms with Crippen molar-refractivity contribution in [3.05, 3.63) is 29.8 Å². The second-order valence-electron chi connectivity index (χ2n) is 5.12. The van der Waals surface area contributed by atoms with Gasteiger partial charge in [0.05, 0.1) is 12.6 Å². The molecule has 0 aliphatic heterocycles. The average molecular weight is 253 g/mol. The first-order valence-electron chi connectivity index (χ1n) is 5.69. The number of nitrogens with zero attached hydrogens (tertiary/aromatic N) is 1. The Morgan fingerprint density at radius 3 is 2.39 bits per heavy atom. The summed E-state index contributed by atoms with van der Waals surface area (Å²) < 4.78 is 0. The quantitative estimate of drug-likeness (QED) is 0.771. The van der Waals surface area contributed by atoms with Crippen LogP contribution in [0.2, 0.25) is 0 Å². The van der Waals surface area contributed by atoms with Gasteiger partial charge in [-0.2, -0.15) is 0 Å². The molecule has 1 rings (SSSR count). The van der Waals surface area contributed by atoms with Gasteiger partial charge < -0.3 is 15.3 Å². The number of phenolic OH excluding ortho intramolecular Hbond substituents is 1. The Kier molecular flexibility index (Phi) is 4.19. The van der Waals surface area contributed by atoms with Crippen LogP contribution >= 0.6 is 0 Å². The number of rotatable bonds is 3. The minimum absolute atomic E-state index is 0.0465. The van der Waals surface area contributed by atoms with Gasteiger partial charge in [0, 0.05) is 5.54 Å². The fourth-order valence-corrected chi connectivity index (χ4v) is 1.96. The summed E-state index contributed by atoms with van der Waals surface area (Å²) in [6, 6.07) is 5.57. The van der Waals surface area contributed by atoms with Crippen LogP contribution in [0.3, 0.4) is 0 Å². The lowest BCUT2D eigenvalue weighted by Crippen LogP contribution is -2.48. The van der Waals surface area contributed by atoms with Crippen LogP contribution in [0, 0.1) is 0 Å². The molecule has 0 fully saturated rings. The van der Waals surface area contributed by atoms with Crippen molar-refractivity contribution >= 4 is 6.09 Å². The molecule has 1 unspecified atom stereocenters. The van der Waals surface area contributed by atoms with E-state index in [1.165, 1.54) is 17.0 Å². The topological polar surface area (TPSA) is 81.0 Å². The van der Waals surface area contributed by atoms with Crippen molar-refractivity contribution in [2.45, 2.75) is 32.4 Å². The number of phenols is 1. The second-order valence-corrected chi connectivity index (χ2v) is 5.12. The molecule has 0 aliphatic carbocycles. The van der Waals surface area contributed by atoms with E-state index in [0.717, 1.165) is 0 Å². The molecule has 0 bridgehead atoms. The number of carbonyl (C=O) groups is 1. The fraction of sp³-hybridized carbons (Fsp3) is 0.462. The molecule has 1 aromatic rings. The van der Waals surface area contributed by atoms with Gasteiger partial charge in [0.1, 0.15) is 5.75 Å².